The Morgan fingerprint density at radius 2 is 1.82 bits per heavy atom. The van der Waals surface area contributed by atoms with Crippen LogP contribution in [0.15, 0.2) is 77.6 Å². The molecule has 0 unspecified atom stereocenters. The molecule has 0 amide bonds. The first-order valence-electron chi connectivity index (χ1n) is 10.1. The van der Waals surface area contributed by atoms with Gasteiger partial charge >= 0.3 is 0 Å². The Balaban J connectivity index is 1.42. The molecule has 3 aromatic carbocycles. The molecule has 0 N–H and O–H groups in total. The lowest BCUT2D eigenvalue weighted by atomic mass is 10.2. The SMILES string of the molecule is COc1cc(/C=c2/sc3nc(-c4ccc(F)cc4)nn3c2=O)ccc1OCc1ccccc1. The Morgan fingerprint density at radius 3 is 2.55 bits per heavy atom. The normalized spacial score (nSPS) is 11.8. The van der Waals surface area contributed by atoms with Crippen LogP contribution in [0.25, 0.3) is 22.4 Å². The van der Waals surface area contributed by atoms with E-state index >= 15 is 0 Å². The predicted octanol–water partition coefficient (Wildman–Crippen LogP) is 4.09. The van der Waals surface area contributed by atoms with Gasteiger partial charge in [0.25, 0.3) is 5.56 Å². The van der Waals surface area contributed by atoms with Gasteiger partial charge in [0.2, 0.25) is 4.96 Å². The summed E-state index contributed by atoms with van der Waals surface area (Å²) in [5.74, 6) is 1.23. The number of thiazole rings is 1. The van der Waals surface area contributed by atoms with Gasteiger partial charge in [-0.1, -0.05) is 47.7 Å². The van der Waals surface area contributed by atoms with Gasteiger partial charge in [-0.2, -0.15) is 9.50 Å². The summed E-state index contributed by atoms with van der Waals surface area (Å²) in [6.07, 6.45) is 1.77. The fourth-order valence-electron chi connectivity index (χ4n) is 3.33. The minimum Gasteiger partial charge on any atom is -0.493 e. The molecule has 0 radical (unpaired) electrons. The maximum absolute atomic E-state index is 13.2. The lowest BCUT2D eigenvalue weighted by molar-refractivity contribution is 0.284. The third kappa shape index (κ3) is 4.33. The van der Waals surface area contributed by atoms with Crippen molar-refractivity contribution >= 4 is 22.4 Å². The summed E-state index contributed by atoms with van der Waals surface area (Å²) < 4.78 is 26.3. The molecule has 5 aromatic rings. The van der Waals surface area contributed by atoms with Crippen LogP contribution in [0.2, 0.25) is 0 Å². The van der Waals surface area contributed by atoms with Crippen LogP contribution >= 0.6 is 11.3 Å². The highest BCUT2D eigenvalue weighted by atomic mass is 32.1. The van der Waals surface area contributed by atoms with Crippen LogP contribution < -0.4 is 19.6 Å². The number of methoxy groups -OCH3 is 1. The van der Waals surface area contributed by atoms with Crippen LogP contribution in [0.4, 0.5) is 4.39 Å². The average molecular weight is 460 g/mol. The molecule has 33 heavy (non-hydrogen) atoms. The average Bonchev–Trinajstić information content (AvgIpc) is 3.38. The highest BCUT2D eigenvalue weighted by Crippen LogP contribution is 2.29. The molecule has 0 aliphatic carbocycles. The molecule has 0 fully saturated rings. The van der Waals surface area contributed by atoms with E-state index in [0.717, 1.165) is 11.1 Å². The first-order valence-corrected chi connectivity index (χ1v) is 10.9. The quantitative estimate of drug-likeness (QED) is 0.383. The zero-order valence-corrected chi connectivity index (χ0v) is 18.4. The monoisotopic (exact) mass is 459 g/mol. The van der Waals surface area contributed by atoms with Crippen LogP contribution in [-0.4, -0.2) is 21.7 Å². The second-order valence-corrected chi connectivity index (χ2v) is 8.25. The van der Waals surface area contributed by atoms with Crippen molar-refractivity contribution in [1.29, 1.82) is 0 Å². The number of hydrogen-bond acceptors (Lipinski definition) is 6. The Hall–Kier alpha value is -4.04. The highest BCUT2D eigenvalue weighted by Gasteiger charge is 2.12. The Morgan fingerprint density at radius 1 is 1.03 bits per heavy atom. The first-order chi connectivity index (χ1) is 16.1. The van der Waals surface area contributed by atoms with Gasteiger partial charge in [-0.25, -0.2) is 4.39 Å². The molecule has 164 valence electrons. The largest absolute Gasteiger partial charge is 0.493 e. The van der Waals surface area contributed by atoms with E-state index in [4.69, 9.17) is 9.47 Å². The van der Waals surface area contributed by atoms with Crippen molar-refractivity contribution in [2.45, 2.75) is 6.61 Å². The van der Waals surface area contributed by atoms with Crippen molar-refractivity contribution < 1.29 is 13.9 Å². The van der Waals surface area contributed by atoms with Crippen LogP contribution in [0, 0.1) is 5.82 Å². The van der Waals surface area contributed by atoms with E-state index in [-0.39, 0.29) is 11.4 Å². The topological polar surface area (TPSA) is 65.7 Å². The van der Waals surface area contributed by atoms with E-state index in [1.165, 1.54) is 28.0 Å². The molecule has 2 heterocycles. The van der Waals surface area contributed by atoms with Crippen molar-refractivity contribution in [1.82, 2.24) is 14.6 Å². The third-order valence-electron chi connectivity index (χ3n) is 5.01. The standard InChI is InChI=1S/C25H18FN3O3S/c1-31-21-13-17(7-12-20(21)32-15-16-5-3-2-4-6-16)14-22-24(30)29-25(33-22)27-23(28-29)18-8-10-19(26)11-9-18/h2-14H,15H2,1H3/b22-14+. The first kappa shape index (κ1) is 20.8. The number of nitrogens with zero attached hydrogens (tertiary/aromatic N) is 3. The molecule has 0 saturated heterocycles. The zero-order valence-electron chi connectivity index (χ0n) is 17.6. The smallest absolute Gasteiger partial charge is 0.291 e. The Labute approximate surface area is 192 Å². The number of halogens is 1. The second kappa shape index (κ2) is 8.84. The Bertz CT molecular complexity index is 1530. The molecule has 0 aliphatic rings. The zero-order chi connectivity index (χ0) is 22.8. The summed E-state index contributed by atoms with van der Waals surface area (Å²) in [5, 5.41) is 4.29. The van der Waals surface area contributed by atoms with Gasteiger partial charge in [0.1, 0.15) is 12.4 Å². The van der Waals surface area contributed by atoms with Crippen LogP contribution in [0.1, 0.15) is 11.1 Å². The van der Waals surface area contributed by atoms with Gasteiger partial charge in [0, 0.05) is 5.56 Å². The van der Waals surface area contributed by atoms with Gasteiger partial charge in [-0.3, -0.25) is 4.79 Å². The number of rotatable bonds is 6. The molecular formula is C25H18FN3O3S. The van der Waals surface area contributed by atoms with Gasteiger partial charge in [-0.15, -0.1) is 5.10 Å². The molecule has 0 spiro atoms. The van der Waals surface area contributed by atoms with E-state index in [1.54, 1.807) is 25.3 Å². The van der Waals surface area contributed by atoms with Crippen molar-refractivity contribution in [2.75, 3.05) is 7.11 Å². The van der Waals surface area contributed by atoms with E-state index in [2.05, 4.69) is 10.1 Å². The van der Waals surface area contributed by atoms with Crippen molar-refractivity contribution in [2.24, 2.45) is 0 Å². The molecule has 0 aliphatic heterocycles. The molecule has 0 atom stereocenters. The summed E-state index contributed by atoms with van der Waals surface area (Å²) in [7, 11) is 1.58. The molecule has 5 rings (SSSR count). The van der Waals surface area contributed by atoms with E-state index in [1.807, 2.05) is 48.5 Å². The van der Waals surface area contributed by atoms with Crippen LogP contribution in [0.3, 0.4) is 0 Å². The summed E-state index contributed by atoms with van der Waals surface area (Å²) in [6.45, 7) is 0.426. The summed E-state index contributed by atoms with van der Waals surface area (Å²) >= 11 is 1.24. The lowest BCUT2D eigenvalue weighted by Gasteiger charge is -2.11. The molecule has 6 nitrogen and oxygen atoms in total. The summed E-state index contributed by atoms with van der Waals surface area (Å²) in [6, 6.07) is 21.2. The van der Waals surface area contributed by atoms with E-state index < -0.39 is 0 Å². The molecule has 2 aromatic heterocycles. The lowest BCUT2D eigenvalue weighted by Crippen LogP contribution is -2.23. The fourth-order valence-corrected chi connectivity index (χ4v) is 4.24. The highest BCUT2D eigenvalue weighted by molar-refractivity contribution is 7.15. The third-order valence-corrected chi connectivity index (χ3v) is 5.97. The number of hydrogen-bond donors (Lipinski definition) is 0. The summed E-state index contributed by atoms with van der Waals surface area (Å²) in [4.78, 5) is 17.7. The number of aromatic nitrogens is 3. The maximum Gasteiger partial charge on any atom is 0.291 e. The van der Waals surface area contributed by atoms with Crippen molar-refractivity contribution in [3.63, 3.8) is 0 Å². The molecule has 8 heteroatoms. The van der Waals surface area contributed by atoms with Gasteiger partial charge in [0.15, 0.2) is 17.3 Å². The van der Waals surface area contributed by atoms with E-state index in [9.17, 15) is 9.18 Å². The second-order valence-electron chi connectivity index (χ2n) is 7.24. The molecule has 0 bridgehead atoms. The molecule has 0 saturated carbocycles. The number of fused-ring (bicyclic) bond motifs is 1. The van der Waals surface area contributed by atoms with Gasteiger partial charge in [-0.05, 0) is 53.6 Å². The number of ether oxygens (including phenoxy) is 2. The summed E-state index contributed by atoms with van der Waals surface area (Å²) in [5.41, 5.74) is 2.23. The predicted molar refractivity (Wildman–Crippen MR) is 125 cm³/mol. The van der Waals surface area contributed by atoms with Crippen LogP contribution in [0.5, 0.6) is 11.5 Å². The maximum atomic E-state index is 13.2. The van der Waals surface area contributed by atoms with Crippen molar-refractivity contribution in [3.05, 3.63) is 105 Å². The fraction of sp³-hybridized carbons (Fsp3) is 0.0800. The molecular weight excluding hydrogens is 441 g/mol. The van der Waals surface area contributed by atoms with E-state index in [0.29, 0.717) is 39.0 Å². The van der Waals surface area contributed by atoms with Gasteiger partial charge < -0.3 is 9.47 Å². The minimum atomic E-state index is -0.340. The van der Waals surface area contributed by atoms with Crippen LogP contribution in [-0.2, 0) is 6.61 Å². The number of benzene rings is 3. The van der Waals surface area contributed by atoms with Crippen molar-refractivity contribution in [3.8, 4) is 22.9 Å². The minimum absolute atomic E-state index is 0.265. The van der Waals surface area contributed by atoms with Gasteiger partial charge in [0.05, 0.1) is 11.6 Å². The Kier molecular flexibility index (Phi) is 5.58.